The third-order valence-corrected chi connectivity index (χ3v) is 2.80. The summed E-state index contributed by atoms with van der Waals surface area (Å²) in [7, 11) is 0. The molecule has 1 N–H and O–H groups in total. The van der Waals surface area contributed by atoms with Crippen molar-refractivity contribution in [2.45, 2.75) is 13.5 Å². The van der Waals surface area contributed by atoms with E-state index in [4.69, 9.17) is 15.2 Å². The zero-order valence-corrected chi connectivity index (χ0v) is 11.1. The third kappa shape index (κ3) is 3.36. The van der Waals surface area contributed by atoms with Crippen molar-refractivity contribution in [1.82, 2.24) is 0 Å². The van der Waals surface area contributed by atoms with E-state index in [9.17, 15) is 0 Å². The van der Waals surface area contributed by atoms with Crippen LogP contribution in [-0.4, -0.2) is 10.9 Å². The molecular formula is C16H14N2O2. The first-order chi connectivity index (χ1) is 9.72. The maximum Gasteiger partial charge on any atom is 0.186 e. The number of benzene rings is 2. The van der Waals surface area contributed by atoms with Gasteiger partial charge in [-0.2, -0.15) is 5.26 Å². The van der Waals surface area contributed by atoms with E-state index in [1.165, 1.54) is 0 Å². The van der Waals surface area contributed by atoms with Gasteiger partial charge in [0.25, 0.3) is 0 Å². The number of nitriles is 1. The van der Waals surface area contributed by atoms with Crippen molar-refractivity contribution >= 4 is 5.71 Å². The second-order valence-electron chi connectivity index (χ2n) is 4.37. The molecule has 0 aromatic heterocycles. The molecule has 0 aliphatic carbocycles. The van der Waals surface area contributed by atoms with E-state index >= 15 is 0 Å². The van der Waals surface area contributed by atoms with Gasteiger partial charge < -0.3 is 9.94 Å². The molecule has 4 heteroatoms. The van der Waals surface area contributed by atoms with Gasteiger partial charge in [0, 0.05) is 5.56 Å². The molecule has 0 radical (unpaired) electrons. The van der Waals surface area contributed by atoms with Crippen molar-refractivity contribution < 1.29 is 9.94 Å². The van der Waals surface area contributed by atoms with Crippen LogP contribution in [0.3, 0.4) is 0 Å². The van der Waals surface area contributed by atoms with Crippen LogP contribution in [0.4, 0.5) is 0 Å². The maximum atomic E-state index is 8.84. The molecule has 100 valence electrons. The third-order valence-electron chi connectivity index (χ3n) is 2.80. The van der Waals surface area contributed by atoms with Crippen LogP contribution >= 0.6 is 0 Å². The van der Waals surface area contributed by atoms with Gasteiger partial charge in [-0.15, -0.1) is 0 Å². The van der Waals surface area contributed by atoms with E-state index in [0.29, 0.717) is 12.2 Å². The summed E-state index contributed by atoms with van der Waals surface area (Å²) in [6, 6.07) is 16.8. The van der Waals surface area contributed by atoms with E-state index < -0.39 is 0 Å². The van der Waals surface area contributed by atoms with E-state index in [1.807, 2.05) is 43.3 Å². The highest BCUT2D eigenvalue weighted by atomic mass is 16.5. The van der Waals surface area contributed by atoms with Crippen molar-refractivity contribution in [3.63, 3.8) is 0 Å². The summed E-state index contributed by atoms with van der Waals surface area (Å²) in [6.45, 7) is 2.39. The highest BCUT2D eigenvalue weighted by Gasteiger charge is 2.04. The van der Waals surface area contributed by atoms with Crippen LogP contribution in [0.2, 0.25) is 0 Å². The average molecular weight is 266 g/mol. The molecule has 0 fully saturated rings. The summed E-state index contributed by atoms with van der Waals surface area (Å²) < 4.78 is 5.69. The molecule has 4 nitrogen and oxygen atoms in total. The molecule has 0 saturated carbocycles. The Morgan fingerprint density at radius 3 is 2.75 bits per heavy atom. The van der Waals surface area contributed by atoms with E-state index in [2.05, 4.69) is 5.16 Å². The Bertz CT molecular complexity index is 672. The predicted molar refractivity (Wildman–Crippen MR) is 75.9 cm³/mol. The minimum absolute atomic E-state index is 0.0117. The first kappa shape index (κ1) is 13.6. The predicted octanol–water partition coefficient (Wildman–Crippen LogP) is 3.28. The first-order valence-electron chi connectivity index (χ1n) is 6.14. The minimum Gasteiger partial charge on any atom is -0.489 e. The second kappa shape index (κ2) is 6.39. The van der Waals surface area contributed by atoms with Crippen LogP contribution in [0.25, 0.3) is 0 Å². The molecule has 2 aromatic rings. The van der Waals surface area contributed by atoms with E-state index in [1.54, 1.807) is 18.2 Å². The summed E-state index contributed by atoms with van der Waals surface area (Å²) in [5.74, 6) is 0.798. The smallest absolute Gasteiger partial charge is 0.186 e. The summed E-state index contributed by atoms with van der Waals surface area (Å²) in [6.07, 6.45) is 0. The lowest BCUT2D eigenvalue weighted by Gasteiger charge is -2.07. The van der Waals surface area contributed by atoms with Gasteiger partial charge in [-0.3, -0.25) is 0 Å². The molecule has 0 heterocycles. The molecule has 0 amide bonds. The van der Waals surface area contributed by atoms with Crippen LogP contribution in [-0.2, 0) is 6.61 Å². The molecule has 0 atom stereocenters. The standard InChI is InChI=1S/C16H14N2O2/c1-12-4-2-7-15(8-12)20-11-13-5-3-6-14(9-13)16(10-17)18-19/h2-9,19H,11H2,1H3/b18-16-. The zero-order valence-electron chi connectivity index (χ0n) is 11.1. The van der Waals surface area contributed by atoms with Crippen LogP contribution in [0.1, 0.15) is 16.7 Å². The van der Waals surface area contributed by atoms with Crippen molar-refractivity contribution in [1.29, 1.82) is 5.26 Å². The molecule has 0 aliphatic heterocycles. The van der Waals surface area contributed by atoms with Crippen LogP contribution in [0.5, 0.6) is 5.75 Å². The molecule has 0 saturated heterocycles. The second-order valence-corrected chi connectivity index (χ2v) is 4.37. The lowest BCUT2D eigenvalue weighted by atomic mass is 10.1. The van der Waals surface area contributed by atoms with E-state index in [0.717, 1.165) is 16.9 Å². The Hall–Kier alpha value is -2.80. The fourth-order valence-corrected chi connectivity index (χ4v) is 1.82. The minimum atomic E-state index is -0.0117. The Morgan fingerprint density at radius 1 is 1.25 bits per heavy atom. The summed E-state index contributed by atoms with van der Waals surface area (Å²) in [4.78, 5) is 0. The molecule has 20 heavy (non-hydrogen) atoms. The van der Waals surface area contributed by atoms with Crippen molar-refractivity contribution in [3.05, 3.63) is 65.2 Å². The number of ether oxygens (including phenoxy) is 1. The summed E-state index contributed by atoms with van der Waals surface area (Å²) >= 11 is 0. The first-order valence-corrected chi connectivity index (χ1v) is 6.14. The Kier molecular flexibility index (Phi) is 4.35. The van der Waals surface area contributed by atoms with Gasteiger partial charge in [0.15, 0.2) is 5.71 Å². The van der Waals surface area contributed by atoms with E-state index in [-0.39, 0.29) is 5.71 Å². The van der Waals surface area contributed by atoms with Crippen LogP contribution < -0.4 is 4.74 Å². The molecule has 0 aliphatic rings. The number of rotatable bonds is 4. The summed E-state index contributed by atoms with van der Waals surface area (Å²) in [5, 5.41) is 20.5. The van der Waals surface area contributed by atoms with Crippen molar-refractivity contribution in [2.24, 2.45) is 5.16 Å². The molecule has 0 spiro atoms. The highest BCUT2D eigenvalue weighted by Crippen LogP contribution is 2.15. The maximum absolute atomic E-state index is 8.84. The van der Waals surface area contributed by atoms with Crippen molar-refractivity contribution in [2.75, 3.05) is 0 Å². The van der Waals surface area contributed by atoms with Crippen LogP contribution in [0, 0.1) is 18.3 Å². The fraction of sp³-hybridized carbons (Fsp3) is 0.125. The van der Waals surface area contributed by atoms with Crippen LogP contribution in [0.15, 0.2) is 53.7 Å². The quantitative estimate of drug-likeness (QED) is 0.524. The monoisotopic (exact) mass is 266 g/mol. The van der Waals surface area contributed by atoms with Gasteiger partial charge in [0.1, 0.15) is 18.4 Å². The lowest BCUT2D eigenvalue weighted by molar-refractivity contribution is 0.306. The van der Waals surface area contributed by atoms with Gasteiger partial charge in [-0.05, 0) is 36.2 Å². The van der Waals surface area contributed by atoms with Gasteiger partial charge in [-0.25, -0.2) is 0 Å². The topological polar surface area (TPSA) is 65.6 Å². The summed E-state index contributed by atoms with van der Waals surface area (Å²) in [5.41, 5.74) is 2.60. The Labute approximate surface area is 117 Å². The molecule has 2 rings (SSSR count). The van der Waals surface area contributed by atoms with Gasteiger partial charge in [0.2, 0.25) is 0 Å². The largest absolute Gasteiger partial charge is 0.489 e. The number of oxime groups is 1. The van der Waals surface area contributed by atoms with Gasteiger partial charge in [0.05, 0.1) is 0 Å². The van der Waals surface area contributed by atoms with Gasteiger partial charge >= 0.3 is 0 Å². The normalized spacial score (nSPS) is 10.9. The Morgan fingerprint density at radius 2 is 2.05 bits per heavy atom. The SMILES string of the molecule is Cc1cccc(OCc2cccc(/C(C#N)=N\O)c2)c1. The molecule has 0 bridgehead atoms. The molecular weight excluding hydrogens is 252 g/mol. The number of hydrogen-bond donors (Lipinski definition) is 1. The average Bonchev–Trinajstić information content (AvgIpc) is 2.47. The molecule has 0 unspecified atom stereocenters. The number of aryl methyl sites for hydroxylation is 1. The van der Waals surface area contributed by atoms with Gasteiger partial charge in [-0.1, -0.05) is 35.5 Å². The zero-order chi connectivity index (χ0) is 14.4. The number of hydrogen-bond acceptors (Lipinski definition) is 4. The number of nitrogens with zero attached hydrogens (tertiary/aromatic N) is 2. The fourth-order valence-electron chi connectivity index (χ4n) is 1.82. The lowest BCUT2D eigenvalue weighted by Crippen LogP contribution is -2.00. The molecule has 2 aromatic carbocycles. The van der Waals surface area contributed by atoms with Crippen molar-refractivity contribution in [3.8, 4) is 11.8 Å². The highest BCUT2D eigenvalue weighted by molar-refractivity contribution is 6.11. The Balaban J connectivity index is 2.11.